The summed E-state index contributed by atoms with van der Waals surface area (Å²) in [5.74, 6) is 0.488. The summed E-state index contributed by atoms with van der Waals surface area (Å²) in [5.41, 5.74) is 6.13. The molecule has 8 heteroatoms. The first-order valence-corrected chi connectivity index (χ1v) is 11.5. The van der Waals surface area contributed by atoms with E-state index in [2.05, 4.69) is 16.4 Å². The number of benzene rings is 1. The predicted molar refractivity (Wildman–Crippen MR) is 121 cm³/mol. The van der Waals surface area contributed by atoms with Gasteiger partial charge in [-0.05, 0) is 37.1 Å². The molecule has 148 valence electrons. The molecule has 0 saturated heterocycles. The number of thioether (sulfide) groups is 1. The van der Waals surface area contributed by atoms with Gasteiger partial charge in [0.2, 0.25) is 5.91 Å². The summed E-state index contributed by atoms with van der Waals surface area (Å²) < 4.78 is 0. The Morgan fingerprint density at radius 2 is 2.14 bits per heavy atom. The zero-order valence-electron chi connectivity index (χ0n) is 15.1. The van der Waals surface area contributed by atoms with Gasteiger partial charge in [-0.1, -0.05) is 29.8 Å². The molecule has 4 nitrogen and oxygen atoms in total. The van der Waals surface area contributed by atoms with Crippen LogP contribution in [0.1, 0.15) is 17.7 Å². The van der Waals surface area contributed by atoms with Crippen LogP contribution < -0.4 is 11.1 Å². The number of primary amides is 1. The minimum atomic E-state index is -0.275. The standard InChI is InChI=1S/C20H21Cl2N3OS2/c21-17-3-1-2-4-18(22)16(17)11-15-12-24-20(28-15)25-13-5-7-14(8-6-13)27-10-9-19(23)26/h1,3-8,12,16-17H,2,9-11H2,(H2,23,26)(H,24,25). The highest BCUT2D eigenvalue weighted by atomic mass is 35.5. The highest BCUT2D eigenvalue weighted by molar-refractivity contribution is 7.99. The Hall–Kier alpha value is -1.47. The summed E-state index contributed by atoms with van der Waals surface area (Å²) in [6.07, 6.45) is 9.94. The molecule has 0 bridgehead atoms. The van der Waals surface area contributed by atoms with Gasteiger partial charge in [-0.15, -0.1) is 34.7 Å². The van der Waals surface area contributed by atoms with E-state index in [9.17, 15) is 4.79 Å². The fraction of sp³-hybridized carbons (Fsp3) is 0.300. The molecular formula is C20H21Cl2N3OS2. The van der Waals surface area contributed by atoms with Crippen LogP contribution in [0.2, 0.25) is 0 Å². The summed E-state index contributed by atoms with van der Waals surface area (Å²) in [4.78, 5) is 17.5. The molecule has 1 aromatic heterocycles. The number of anilines is 2. The number of thiazole rings is 1. The maximum Gasteiger partial charge on any atom is 0.218 e. The number of carbonyl (C=O) groups is 1. The van der Waals surface area contributed by atoms with E-state index in [-0.39, 0.29) is 17.2 Å². The summed E-state index contributed by atoms with van der Waals surface area (Å²) in [6.45, 7) is 0. The molecule has 0 radical (unpaired) electrons. The van der Waals surface area contributed by atoms with Crippen LogP contribution in [0.4, 0.5) is 10.8 Å². The van der Waals surface area contributed by atoms with E-state index in [1.54, 1.807) is 23.1 Å². The van der Waals surface area contributed by atoms with Crippen molar-refractivity contribution in [3.63, 3.8) is 0 Å². The number of carbonyl (C=O) groups excluding carboxylic acids is 1. The average molecular weight is 454 g/mol. The largest absolute Gasteiger partial charge is 0.370 e. The van der Waals surface area contributed by atoms with Crippen LogP contribution in [-0.4, -0.2) is 22.0 Å². The third kappa shape index (κ3) is 6.27. The van der Waals surface area contributed by atoms with Crippen LogP contribution in [0.25, 0.3) is 0 Å². The van der Waals surface area contributed by atoms with E-state index < -0.39 is 0 Å². The lowest BCUT2D eigenvalue weighted by Gasteiger charge is -2.17. The molecule has 0 aliphatic heterocycles. The van der Waals surface area contributed by atoms with Crippen LogP contribution in [0, 0.1) is 5.92 Å². The topological polar surface area (TPSA) is 68.0 Å². The normalized spacial score (nSPS) is 19.1. The Balaban J connectivity index is 1.57. The number of hydrogen-bond acceptors (Lipinski definition) is 5. The maximum atomic E-state index is 10.8. The lowest BCUT2D eigenvalue weighted by atomic mass is 10.00. The van der Waals surface area contributed by atoms with Crippen LogP contribution in [0.15, 0.2) is 58.6 Å². The molecule has 0 saturated carbocycles. The molecule has 3 N–H and O–H groups in total. The molecule has 1 amide bonds. The molecular weight excluding hydrogens is 433 g/mol. The third-order valence-corrected chi connectivity index (χ3v) is 7.04. The average Bonchev–Trinajstić information content (AvgIpc) is 3.04. The number of rotatable bonds is 8. The molecule has 1 heterocycles. The SMILES string of the molecule is NC(=O)CCSc1ccc(Nc2ncc(CC3C(Cl)=CCC=CC3Cl)s2)cc1. The number of alkyl halides is 1. The number of halogens is 2. The first-order chi connectivity index (χ1) is 13.5. The highest BCUT2D eigenvalue weighted by Gasteiger charge is 2.23. The van der Waals surface area contributed by atoms with Gasteiger partial charge in [0, 0.05) is 44.8 Å². The van der Waals surface area contributed by atoms with E-state index in [0.29, 0.717) is 12.2 Å². The van der Waals surface area contributed by atoms with Gasteiger partial charge in [0.15, 0.2) is 5.13 Å². The van der Waals surface area contributed by atoms with Gasteiger partial charge in [-0.25, -0.2) is 4.98 Å². The van der Waals surface area contributed by atoms with Gasteiger partial charge in [0.25, 0.3) is 0 Å². The zero-order valence-corrected chi connectivity index (χ0v) is 18.3. The van der Waals surface area contributed by atoms with Gasteiger partial charge >= 0.3 is 0 Å². The van der Waals surface area contributed by atoms with Crippen molar-refractivity contribution in [3.8, 4) is 0 Å². The summed E-state index contributed by atoms with van der Waals surface area (Å²) in [6, 6.07) is 8.03. The zero-order chi connectivity index (χ0) is 19.9. The Kier molecular flexibility index (Phi) is 7.85. The quantitative estimate of drug-likeness (QED) is 0.305. The number of allylic oxidation sites excluding steroid dienone is 4. The van der Waals surface area contributed by atoms with Crippen molar-refractivity contribution >= 4 is 63.0 Å². The van der Waals surface area contributed by atoms with Gasteiger partial charge in [-0.3, -0.25) is 4.79 Å². The molecule has 1 aromatic carbocycles. The molecule has 0 fully saturated rings. The first-order valence-electron chi connectivity index (χ1n) is 8.90. The predicted octanol–water partition coefficient (Wildman–Crippen LogP) is 5.70. The fourth-order valence-electron chi connectivity index (χ4n) is 2.74. The maximum absolute atomic E-state index is 10.8. The monoisotopic (exact) mass is 453 g/mol. The lowest BCUT2D eigenvalue weighted by molar-refractivity contribution is -0.117. The number of aromatic nitrogens is 1. The van der Waals surface area contributed by atoms with E-state index in [1.165, 1.54) is 0 Å². The second-order valence-corrected chi connectivity index (χ2v) is 9.58. The molecule has 28 heavy (non-hydrogen) atoms. The molecule has 2 atom stereocenters. The van der Waals surface area contributed by atoms with E-state index in [4.69, 9.17) is 28.9 Å². The molecule has 1 aliphatic carbocycles. The van der Waals surface area contributed by atoms with E-state index >= 15 is 0 Å². The number of nitrogens with one attached hydrogen (secondary N) is 1. The van der Waals surface area contributed by atoms with Crippen molar-refractivity contribution in [3.05, 3.63) is 58.6 Å². The minimum absolute atomic E-state index is 0.0760. The molecule has 1 aliphatic rings. The minimum Gasteiger partial charge on any atom is -0.370 e. The van der Waals surface area contributed by atoms with Gasteiger partial charge in [-0.2, -0.15) is 0 Å². The first kappa shape index (κ1) is 21.2. The molecule has 3 rings (SSSR count). The second kappa shape index (κ2) is 10.3. The van der Waals surface area contributed by atoms with Gasteiger partial charge in [0.1, 0.15) is 0 Å². The molecule has 2 aromatic rings. The number of hydrogen-bond donors (Lipinski definition) is 2. The van der Waals surface area contributed by atoms with Gasteiger partial charge in [0.05, 0.1) is 5.38 Å². The van der Waals surface area contributed by atoms with E-state index in [0.717, 1.165) is 38.5 Å². The third-order valence-electron chi connectivity index (χ3n) is 4.20. The lowest BCUT2D eigenvalue weighted by Crippen LogP contribution is -2.15. The van der Waals surface area contributed by atoms with Crippen molar-refractivity contribution in [2.45, 2.75) is 29.5 Å². The van der Waals surface area contributed by atoms with Crippen molar-refractivity contribution in [1.29, 1.82) is 0 Å². The second-order valence-electron chi connectivity index (χ2n) is 6.35. The number of nitrogens with zero attached hydrogens (tertiary/aromatic N) is 1. The Morgan fingerprint density at radius 3 is 2.89 bits per heavy atom. The van der Waals surface area contributed by atoms with Crippen molar-refractivity contribution in [2.75, 3.05) is 11.1 Å². The van der Waals surface area contributed by atoms with Crippen LogP contribution in [-0.2, 0) is 11.2 Å². The van der Waals surface area contributed by atoms with E-state index in [1.807, 2.05) is 42.6 Å². The Bertz CT molecular complexity index is 865. The number of nitrogens with two attached hydrogens (primary N) is 1. The molecule has 2 unspecified atom stereocenters. The highest BCUT2D eigenvalue weighted by Crippen LogP contribution is 2.33. The Labute approximate surface area is 183 Å². The van der Waals surface area contributed by atoms with Crippen LogP contribution in [0.3, 0.4) is 0 Å². The van der Waals surface area contributed by atoms with Crippen LogP contribution in [0.5, 0.6) is 0 Å². The summed E-state index contributed by atoms with van der Waals surface area (Å²) in [7, 11) is 0. The van der Waals surface area contributed by atoms with Crippen molar-refractivity contribution in [1.82, 2.24) is 4.98 Å². The summed E-state index contributed by atoms with van der Waals surface area (Å²) >= 11 is 16.1. The fourth-order valence-corrected chi connectivity index (χ4v) is 5.19. The Morgan fingerprint density at radius 1 is 1.36 bits per heavy atom. The summed E-state index contributed by atoms with van der Waals surface area (Å²) in [5, 5.41) is 4.87. The van der Waals surface area contributed by atoms with Gasteiger partial charge < -0.3 is 11.1 Å². The van der Waals surface area contributed by atoms with Crippen LogP contribution >= 0.6 is 46.3 Å². The number of amides is 1. The molecule has 0 spiro atoms. The smallest absolute Gasteiger partial charge is 0.218 e. The van der Waals surface area contributed by atoms with Crippen molar-refractivity contribution in [2.24, 2.45) is 11.7 Å². The van der Waals surface area contributed by atoms with Crippen molar-refractivity contribution < 1.29 is 4.79 Å².